The van der Waals surface area contributed by atoms with E-state index in [2.05, 4.69) is 17.0 Å². The lowest BCUT2D eigenvalue weighted by atomic mass is 9.80. The van der Waals surface area contributed by atoms with Crippen LogP contribution in [-0.4, -0.2) is 41.6 Å². The number of piperidine rings is 1. The van der Waals surface area contributed by atoms with Gasteiger partial charge in [-0.15, -0.1) is 0 Å². The number of carbonyl (C=O) groups is 1. The predicted octanol–water partition coefficient (Wildman–Crippen LogP) is 3.94. The van der Waals surface area contributed by atoms with Crippen molar-refractivity contribution in [2.45, 2.75) is 57.3 Å². The average Bonchev–Trinajstić information content (AvgIpc) is 3.04. The van der Waals surface area contributed by atoms with Crippen molar-refractivity contribution in [2.24, 2.45) is 11.8 Å². The fourth-order valence-corrected chi connectivity index (χ4v) is 4.93. The van der Waals surface area contributed by atoms with Crippen molar-refractivity contribution >= 4 is 25.1 Å². The summed E-state index contributed by atoms with van der Waals surface area (Å²) in [5, 5.41) is 19.2. The van der Waals surface area contributed by atoms with Gasteiger partial charge in [0.2, 0.25) is 0 Å². The molecule has 4 nitrogen and oxygen atoms in total. The van der Waals surface area contributed by atoms with Crippen LogP contribution in [0, 0.1) is 11.8 Å². The smallest absolute Gasteiger partial charge is 0.306 e. The highest BCUT2D eigenvalue weighted by Gasteiger charge is 2.35. The Bertz CT molecular complexity index is 619. The summed E-state index contributed by atoms with van der Waals surface area (Å²) in [7, 11) is 1.17. The third-order valence-electron chi connectivity index (χ3n) is 6.15. The lowest BCUT2D eigenvalue weighted by molar-refractivity contribution is -0.144. The maximum Gasteiger partial charge on any atom is 0.306 e. The Labute approximate surface area is 161 Å². The van der Waals surface area contributed by atoms with E-state index in [1.54, 1.807) is 0 Å². The van der Waals surface area contributed by atoms with Crippen molar-refractivity contribution in [1.29, 1.82) is 0 Å². The molecule has 1 heterocycles. The molecule has 1 aromatic carbocycles. The number of halogens is 1. The van der Waals surface area contributed by atoms with Gasteiger partial charge >= 0.3 is 5.97 Å². The van der Waals surface area contributed by atoms with E-state index in [9.17, 15) is 9.90 Å². The second kappa shape index (κ2) is 9.25. The topological polar surface area (TPSA) is 60.8 Å². The Morgan fingerprint density at radius 2 is 2.04 bits per heavy atom. The highest BCUT2D eigenvalue weighted by atomic mass is 35.5. The standard InChI is InChI=1S/C20H28BClNO3/c22-16-5-6-17-15(13-16)4-7-19(17)23-11-8-14(9-12-23)18(20(24)25)3-1-2-10-21-26/h5-6,13-14,18-19,26H,1-4,7-12H2,(H,24,25). The zero-order chi connectivity index (χ0) is 18.5. The van der Waals surface area contributed by atoms with Gasteiger partial charge in [-0.1, -0.05) is 36.8 Å². The number of hydrogen-bond acceptors (Lipinski definition) is 3. The molecule has 1 aliphatic carbocycles. The van der Waals surface area contributed by atoms with Crippen LogP contribution in [0.3, 0.4) is 0 Å². The molecule has 1 fully saturated rings. The average molecular weight is 377 g/mol. The summed E-state index contributed by atoms with van der Waals surface area (Å²) in [5.41, 5.74) is 2.77. The van der Waals surface area contributed by atoms with E-state index in [0.29, 0.717) is 12.4 Å². The van der Waals surface area contributed by atoms with Crippen molar-refractivity contribution in [3.8, 4) is 0 Å². The van der Waals surface area contributed by atoms with E-state index in [0.717, 1.165) is 63.1 Å². The van der Waals surface area contributed by atoms with Crippen LogP contribution in [0.2, 0.25) is 11.3 Å². The monoisotopic (exact) mass is 376 g/mol. The van der Waals surface area contributed by atoms with Crippen molar-refractivity contribution in [3.05, 3.63) is 34.3 Å². The lowest BCUT2D eigenvalue weighted by Crippen LogP contribution is -2.39. The Kier molecular flexibility index (Phi) is 7.02. The summed E-state index contributed by atoms with van der Waals surface area (Å²) < 4.78 is 0. The maximum absolute atomic E-state index is 11.7. The van der Waals surface area contributed by atoms with Gasteiger partial charge in [0.05, 0.1) is 5.92 Å². The Morgan fingerprint density at radius 3 is 2.73 bits per heavy atom. The van der Waals surface area contributed by atoms with E-state index < -0.39 is 5.97 Å². The molecule has 1 aliphatic heterocycles. The van der Waals surface area contributed by atoms with Gasteiger partial charge in [-0.05, 0) is 74.4 Å². The molecule has 0 saturated carbocycles. The van der Waals surface area contributed by atoms with Crippen molar-refractivity contribution < 1.29 is 14.9 Å². The SMILES string of the molecule is O=C(O)C(CCCC[B]O)C1CCN(C2CCc3cc(Cl)ccc32)CC1. The number of carboxylic acids is 1. The minimum absolute atomic E-state index is 0.245. The zero-order valence-corrected chi connectivity index (χ0v) is 16.0. The number of likely N-dealkylation sites (tertiary alicyclic amines) is 1. The normalized spacial score (nSPS) is 22.2. The summed E-state index contributed by atoms with van der Waals surface area (Å²) in [6.07, 6.45) is 7.24. The molecule has 26 heavy (non-hydrogen) atoms. The first kappa shape index (κ1) is 19.7. The molecule has 6 heteroatoms. The first-order chi connectivity index (χ1) is 12.6. The molecule has 3 rings (SSSR count). The first-order valence-corrected chi connectivity index (χ1v) is 10.2. The van der Waals surface area contributed by atoms with Crippen molar-refractivity contribution in [2.75, 3.05) is 13.1 Å². The van der Waals surface area contributed by atoms with Gasteiger partial charge in [0.15, 0.2) is 0 Å². The third-order valence-corrected chi connectivity index (χ3v) is 6.39. The molecule has 141 valence electrons. The summed E-state index contributed by atoms with van der Waals surface area (Å²) >= 11 is 6.12. The molecule has 2 unspecified atom stereocenters. The van der Waals surface area contributed by atoms with Gasteiger partial charge in [-0.3, -0.25) is 9.69 Å². The molecule has 0 bridgehead atoms. The van der Waals surface area contributed by atoms with E-state index in [-0.39, 0.29) is 11.8 Å². The summed E-state index contributed by atoms with van der Waals surface area (Å²) in [6, 6.07) is 6.70. The maximum atomic E-state index is 11.7. The molecule has 0 amide bonds. The molecular formula is C20H28BClNO3. The largest absolute Gasteiger partial charge is 0.481 e. The van der Waals surface area contributed by atoms with Crippen molar-refractivity contribution in [3.63, 3.8) is 0 Å². The first-order valence-electron chi connectivity index (χ1n) is 9.81. The Hall–Kier alpha value is -1.04. The van der Waals surface area contributed by atoms with Crippen LogP contribution in [0.25, 0.3) is 0 Å². The van der Waals surface area contributed by atoms with Crippen LogP contribution >= 0.6 is 11.6 Å². The highest BCUT2D eigenvalue weighted by molar-refractivity contribution is 6.30. The van der Waals surface area contributed by atoms with Gasteiger partial charge in [0.1, 0.15) is 0 Å². The molecule has 0 spiro atoms. The van der Waals surface area contributed by atoms with Crippen LogP contribution < -0.4 is 0 Å². The molecule has 0 aromatic heterocycles. The van der Waals surface area contributed by atoms with Crippen LogP contribution in [0.15, 0.2) is 18.2 Å². The fraction of sp³-hybridized carbons (Fsp3) is 0.650. The Balaban J connectivity index is 1.54. The lowest BCUT2D eigenvalue weighted by Gasteiger charge is -2.38. The number of benzene rings is 1. The van der Waals surface area contributed by atoms with Crippen LogP contribution in [0.5, 0.6) is 0 Å². The minimum atomic E-state index is -0.655. The second-order valence-corrected chi connectivity index (χ2v) is 8.12. The number of unbranched alkanes of at least 4 members (excludes halogenated alkanes) is 1. The number of aliphatic carboxylic acids is 1. The molecule has 1 saturated heterocycles. The number of aryl methyl sites for hydroxylation is 1. The van der Waals surface area contributed by atoms with E-state index in [1.807, 2.05) is 6.07 Å². The number of rotatable bonds is 8. The number of carboxylic acid groups (broad SMARTS) is 1. The van der Waals surface area contributed by atoms with Crippen LogP contribution in [0.4, 0.5) is 0 Å². The van der Waals surface area contributed by atoms with E-state index >= 15 is 0 Å². The van der Waals surface area contributed by atoms with Gasteiger partial charge in [-0.2, -0.15) is 0 Å². The van der Waals surface area contributed by atoms with Gasteiger partial charge in [0.25, 0.3) is 7.48 Å². The Morgan fingerprint density at radius 1 is 1.27 bits per heavy atom. The molecular weight excluding hydrogens is 348 g/mol. The van der Waals surface area contributed by atoms with Gasteiger partial charge in [-0.25, -0.2) is 0 Å². The molecule has 1 radical (unpaired) electrons. The van der Waals surface area contributed by atoms with Gasteiger partial charge in [0, 0.05) is 11.1 Å². The van der Waals surface area contributed by atoms with Gasteiger partial charge < -0.3 is 10.1 Å². The molecule has 2 atom stereocenters. The summed E-state index contributed by atoms with van der Waals surface area (Å²) in [6.45, 7) is 1.96. The summed E-state index contributed by atoms with van der Waals surface area (Å²) in [4.78, 5) is 14.3. The molecule has 2 aliphatic rings. The predicted molar refractivity (Wildman–Crippen MR) is 105 cm³/mol. The second-order valence-electron chi connectivity index (χ2n) is 7.68. The number of nitrogens with zero attached hydrogens (tertiary/aromatic N) is 1. The third kappa shape index (κ3) is 4.62. The number of hydrogen-bond donors (Lipinski definition) is 2. The highest BCUT2D eigenvalue weighted by Crippen LogP contribution is 2.40. The zero-order valence-electron chi connectivity index (χ0n) is 15.2. The molecule has 2 N–H and O–H groups in total. The van der Waals surface area contributed by atoms with Crippen LogP contribution in [-0.2, 0) is 11.2 Å². The minimum Gasteiger partial charge on any atom is -0.481 e. The van der Waals surface area contributed by atoms with E-state index in [4.69, 9.17) is 16.6 Å². The van der Waals surface area contributed by atoms with E-state index in [1.165, 1.54) is 18.6 Å². The number of fused-ring (bicyclic) bond motifs is 1. The summed E-state index contributed by atoms with van der Waals surface area (Å²) in [5.74, 6) is -0.629. The van der Waals surface area contributed by atoms with Crippen molar-refractivity contribution in [1.82, 2.24) is 4.90 Å². The quantitative estimate of drug-likeness (QED) is 0.533. The van der Waals surface area contributed by atoms with Crippen LogP contribution in [0.1, 0.15) is 55.7 Å². The molecule has 1 aromatic rings. The fourth-order valence-electron chi connectivity index (χ4n) is 4.74.